The first kappa shape index (κ1) is 15.3. The second-order valence-corrected chi connectivity index (χ2v) is 8.50. The lowest BCUT2D eigenvalue weighted by atomic mass is 10.0. The number of hydrogen-bond acceptors (Lipinski definition) is 3. The number of nitrogens with zero attached hydrogens (tertiary/aromatic N) is 1. The van der Waals surface area contributed by atoms with E-state index in [1.807, 2.05) is 6.07 Å². The van der Waals surface area contributed by atoms with Crippen LogP contribution in [0.5, 0.6) is 0 Å². The molecule has 3 heterocycles. The quantitative estimate of drug-likeness (QED) is 0.909. The van der Waals surface area contributed by atoms with E-state index in [1.165, 1.54) is 47.1 Å². The summed E-state index contributed by atoms with van der Waals surface area (Å²) in [5.41, 5.74) is 3.53. The van der Waals surface area contributed by atoms with Crippen LogP contribution >= 0.6 is 11.8 Å². The summed E-state index contributed by atoms with van der Waals surface area (Å²) < 4.78 is 0. The molecule has 1 aromatic carbocycles. The molecule has 4 rings (SSSR count). The summed E-state index contributed by atoms with van der Waals surface area (Å²) in [6, 6.07) is 7.29. The summed E-state index contributed by atoms with van der Waals surface area (Å²) in [5.74, 6) is 0. The van der Waals surface area contributed by atoms with E-state index in [1.54, 1.807) is 6.07 Å². The fraction of sp³-hybridized carbons (Fsp3) is 0.526. The topological polar surface area (TPSA) is 36.1 Å². The van der Waals surface area contributed by atoms with Crippen LogP contribution in [0.2, 0.25) is 0 Å². The Balaban J connectivity index is 1.67. The lowest BCUT2D eigenvalue weighted by molar-refractivity contribution is 0.183. The lowest BCUT2D eigenvalue weighted by Crippen LogP contribution is -2.40. The second kappa shape index (κ2) is 5.67. The maximum Gasteiger partial charge on any atom is 0.248 e. The van der Waals surface area contributed by atoms with Crippen LogP contribution in [0.15, 0.2) is 27.9 Å². The number of hydrogen-bond donors (Lipinski definition) is 1. The van der Waals surface area contributed by atoms with Crippen LogP contribution in [-0.4, -0.2) is 34.3 Å². The molecule has 2 aromatic rings. The number of piperidine rings is 1. The SMILES string of the molecule is Cc1cc2[nH]c(=O)ccc2c(C)c1SC1CC2CCC(C1)N2C. The minimum Gasteiger partial charge on any atom is -0.322 e. The highest BCUT2D eigenvalue weighted by molar-refractivity contribution is 8.00. The summed E-state index contributed by atoms with van der Waals surface area (Å²) in [6.07, 6.45) is 5.35. The van der Waals surface area contributed by atoms with Gasteiger partial charge in [-0.25, -0.2) is 0 Å². The Kier molecular flexibility index (Phi) is 3.77. The minimum atomic E-state index is -0.0244. The van der Waals surface area contributed by atoms with Crippen molar-refractivity contribution >= 4 is 22.7 Å². The predicted molar refractivity (Wildman–Crippen MR) is 97.5 cm³/mol. The molecule has 2 aliphatic rings. The van der Waals surface area contributed by atoms with E-state index in [-0.39, 0.29) is 5.56 Å². The molecule has 0 saturated carbocycles. The van der Waals surface area contributed by atoms with Crippen LogP contribution in [0.3, 0.4) is 0 Å². The largest absolute Gasteiger partial charge is 0.322 e. The molecule has 2 atom stereocenters. The zero-order valence-electron chi connectivity index (χ0n) is 14.1. The molecule has 2 fully saturated rings. The fourth-order valence-electron chi connectivity index (χ4n) is 4.44. The van der Waals surface area contributed by atoms with Crippen molar-refractivity contribution in [1.82, 2.24) is 9.88 Å². The van der Waals surface area contributed by atoms with Crippen molar-refractivity contribution in [2.75, 3.05) is 7.05 Å². The van der Waals surface area contributed by atoms with Gasteiger partial charge in [-0.1, -0.05) is 0 Å². The molecule has 4 heteroatoms. The molecule has 0 radical (unpaired) electrons. The molecule has 0 amide bonds. The van der Waals surface area contributed by atoms with Crippen LogP contribution in [0.25, 0.3) is 10.9 Å². The van der Waals surface area contributed by atoms with E-state index in [0.717, 1.165) is 22.9 Å². The van der Waals surface area contributed by atoms with Crippen molar-refractivity contribution < 1.29 is 0 Å². The molecule has 2 bridgehead atoms. The van der Waals surface area contributed by atoms with E-state index in [4.69, 9.17) is 0 Å². The summed E-state index contributed by atoms with van der Waals surface area (Å²) in [7, 11) is 2.30. The first-order chi connectivity index (χ1) is 11.0. The number of thioether (sulfide) groups is 1. The summed E-state index contributed by atoms with van der Waals surface area (Å²) in [5, 5.41) is 1.90. The van der Waals surface area contributed by atoms with Gasteiger partial charge in [0.15, 0.2) is 0 Å². The molecule has 2 aliphatic heterocycles. The van der Waals surface area contributed by atoms with E-state index < -0.39 is 0 Å². The summed E-state index contributed by atoms with van der Waals surface area (Å²) >= 11 is 2.07. The average Bonchev–Trinajstić information content (AvgIpc) is 2.73. The van der Waals surface area contributed by atoms with Gasteiger partial charge in [-0.2, -0.15) is 0 Å². The standard InChI is InChI=1S/C19H24N2OS/c1-11-8-17-16(6-7-18(22)20-17)12(2)19(11)23-15-9-13-4-5-14(10-15)21(13)3/h6-8,13-15H,4-5,9-10H2,1-3H3,(H,20,22). The van der Waals surface area contributed by atoms with E-state index >= 15 is 0 Å². The van der Waals surface area contributed by atoms with Crippen molar-refractivity contribution in [2.24, 2.45) is 0 Å². The number of aromatic nitrogens is 1. The van der Waals surface area contributed by atoms with Crippen molar-refractivity contribution in [3.8, 4) is 0 Å². The molecule has 3 nitrogen and oxygen atoms in total. The molecule has 1 aromatic heterocycles. The average molecular weight is 328 g/mol. The molecule has 2 unspecified atom stereocenters. The third kappa shape index (κ3) is 2.62. The van der Waals surface area contributed by atoms with Crippen molar-refractivity contribution in [1.29, 1.82) is 0 Å². The number of H-pyrrole nitrogens is 1. The first-order valence-corrected chi connectivity index (χ1v) is 9.42. The lowest BCUT2D eigenvalue weighted by Gasteiger charge is -2.36. The predicted octanol–water partition coefficient (Wildman–Crippen LogP) is 3.86. The van der Waals surface area contributed by atoms with Crippen molar-refractivity contribution in [3.05, 3.63) is 39.7 Å². The van der Waals surface area contributed by atoms with Gasteiger partial charge in [0.05, 0.1) is 0 Å². The number of fused-ring (bicyclic) bond motifs is 3. The van der Waals surface area contributed by atoms with Crippen molar-refractivity contribution in [3.63, 3.8) is 0 Å². The van der Waals surface area contributed by atoms with Gasteiger partial charge in [0.1, 0.15) is 0 Å². The Morgan fingerprint density at radius 3 is 2.57 bits per heavy atom. The summed E-state index contributed by atoms with van der Waals surface area (Å²) in [4.78, 5) is 18.5. The Labute approximate surface area is 141 Å². The third-order valence-electron chi connectivity index (χ3n) is 5.75. The van der Waals surface area contributed by atoms with Gasteiger partial charge in [0, 0.05) is 39.2 Å². The van der Waals surface area contributed by atoms with Crippen LogP contribution in [-0.2, 0) is 0 Å². The maximum absolute atomic E-state index is 11.6. The molecule has 0 spiro atoms. The number of nitrogens with one attached hydrogen (secondary N) is 1. The molecule has 2 saturated heterocycles. The Morgan fingerprint density at radius 2 is 1.87 bits per heavy atom. The third-order valence-corrected chi connectivity index (χ3v) is 7.33. The van der Waals surface area contributed by atoms with Crippen LogP contribution in [0.4, 0.5) is 0 Å². The highest BCUT2D eigenvalue weighted by Gasteiger charge is 2.38. The molecule has 23 heavy (non-hydrogen) atoms. The fourth-order valence-corrected chi connectivity index (χ4v) is 5.94. The number of benzene rings is 1. The van der Waals surface area contributed by atoms with Crippen LogP contribution in [0, 0.1) is 13.8 Å². The van der Waals surface area contributed by atoms with E-state index in [9.17, 15) is 4.79 Å². The maximum atomic E-state index is 11.6. The van der Waals surface area contributed by atoms with Crippen molar-refractivity contribution in [2.45, 2.75) is 61.8 Å². The Bertz CT molecular complexity index is 799. The Morgan fingerprint density at radius 1 is 1.17 bits per heavy atom. The molecule has 1 N–H and O–H groups in total. The highest BCUT2D eigenvalue weighted by atomic mass is 32.2. The molecule has 0 aliphatic carbocycles. The minimum absolute atomic E-state index is 0.0244. The molecular formula is C19H24N2OS. The van der Waals surface area contributed by atoms with Crippen LogP contribution < -0.4 is 5.56 Å². The zero-order valence-corrected chi connectivity index (χ0v) is 14.9. The van der Waals surface area contributed by atoms with Gasteiger partial charge in [-0.3, -0.25) is 4.79 Å². The number of aryl methyl sites for hydroxylation is 2. The summed E-state index contributed by atoms with van der Waals surface area (Å²) in [6.45, 7) is 4.36. The van der Waals surface area contributed by atoms with Gasteiger partial charge in [-0.05, 0) is 69.8 Å². The number of pyridine rings is 1. The molecular weight excluding hydrogens is 304 g/mol. The van der Waals surface area contributed by atoms with E-state index in [2.05, 4.69) is 48.6 Å². The number of rotatable bonds is 2. The Hall–Kier alpha value is -1.26. The normalized spacial score (nSPS) is 27.7. The van der Waals surface area contributed by atoms with Gasteiger partial charge in [0.25, 0.3) is 0 Å². The highest BCUT2D eigenvalue weighted by Crippen LogP contribution is 2.43. The van der Waals surface area contributed by atoms with Gasteiger partial charge < -0.3 is 9.88 Å². The molecule has 122 valence electrons. The number of aromatic amines is 1. The van der Waals surface area contributed by atoms with Gasteiger partial charge >= 0.3 is 0 Å². The first-order valence-electron chi connectivity index (χ1n) is 8.55. The van der Waals surface area contributed by atoms with Gasteiger partial charge in [-0.15, -0.1) is 11.8 Å². The van der Waals surface area contributed by atoms with Gasteiger partial charge in [0.2, 0.25) is 5.56 Å². The second-order valence-electron chi connectivity index (χ2n) is 7.19. The zero-order chi connectivity index (χ0) is 16.1. The van der Waals surface area contributed by atoms with E-state index in [0.29, 0.717) is 0 Å². The monoisotopic (exact) mass is 328 g/mol. The van der Waals surface area contributed by atoms with Crippen LogP contribution in [0.1, 0.15) is 36.8 Å². The smallest absolute Gasteiger partial charge is 0.248 e.